The summed E-state index contributed by atoms with van der Waals surface area (Å²) in [6.45, 7) is 0.669. The van der Waals surface area contributed by atoms with E-state index in [-0.39, 0.29) is 6.04 Å². The maximum Gasteiger partial charge on any atom is 0.245 e. The minimum Gasteiger partial charge on any atom is -0.399 e. The molecule has 2 aliphatic rings. The molecule has 2 fully saturated rings. The van der Waals surface area contributed by atoms with E-state index in [4.69, 9.17) is 5.73 Å². The molecule has 2 aromatic rings. The van der Waals surface area contributed by atoms with Gasteiger partial charge in [0, 0.05) is 35.4 Å². The van der Waals surface area contributed by atoms with Gasteiger partial charge in [-0.05, 0) is 43.4 Å². The zero-order chi connectivity index (χ0) is 13.9. The molecule has 5 nitrogen and oxygen atoms in total. The lowest BCUT2D eigenvalue weighted by Crippen LogP contribution is -2.37. The molecule has 1 aromatic carbocycles. The number of hydrogen-bond acceptors (Lipinski definition) is 3. The molecule has 1 aliphatic heterocycles. The fourth-order valence-corrected chi connectivity index (χ4v) is 5.52. The first-order valence-electron chi connectivity index (χ1n) is 6.94. The maximum absolute atomic E-state index is 12.9. The number of nitrogens with zero attached hydrogens (tertiary/aromatic N) is 1. The molecule has 0 amide bonds. The first-order chi connectivity index (χ1) is 9.55. The van der Waals surface area contributed by atoms with E-state index in [0.29, 0.717) is 28.4 Å². The number of nitrogens with one attached hydrogen (secondary N) is 1. The lowest BCUT2D eigenvalue weighted by molar-refractivity contribution is 0.334. The molecule has 4 rings (SSSR count). The molecule has 2 heterocycles. The number of H-pyrrole nitrogens is 1. The summed E-state index contributed by atoms with van der Waals surface area (Å²) in [6.07, 6.45) is 4.76. The van der Waals surface area contributed by atoms with Crippen LogP contribution in [0.15, 0.2) is 29.3 Å². The number of aromatic amines is 1. The Labute approximate surface area is 117 Å². The summed E-state index contributed by atoms with van der Waals surface area (Å²) in [5, 5.41) is 0.688. The number of nitrogen functional groups attached to an aromatic ring is 1. The van der Waals surface area contributed by atoms with Crippen molar-refractivity contribution in [3.63, 3.8) is 0 Å². The number of aromatic nitrogens is 1. The number of rotatable bonds is 2. The highest BCUT2D eigenvalue weighted by atomic mass is 32.2. The SMILES string of the molecule is Nc1ccc2[nH]cc(S(=O)(=O)N3CC4CCC3C4)c2c1. The van der Waals surface area contributed by atoms with E-state index in [0.717, 1.165) is 24.8 Å². The Balaban J connectivity index is 1.84. The van der Waals surface area contributed by atoms with Gasteiger partial charge in [-0.2, -0.15) is 4.31 Å². The number of piperidine rings is 1. The molecule has 1 saturated heterocycles. The van der Waals surface area contributed by atoms with Crippen molar-refractivity contribution in [2.75, 3.05) is 12.3 Å². The van der Waals surface area contributed by atoms with Gasteiger partial charge in [0.1, 0.15) is 4.90 Å². The molecule has 2 bridgehead atoms. The average Bonchev–Trinajstić information content (AvgIpc) is 3.12. The molecular weight excluding hydrogens is 274 g/mol. The summed E-state index contributed by atoms with van der Waals surface area (Å²) in [5.74, 6) is 0.546. The highest BCUT2D eigenvalue weighted by Crippen LogP contribution is 2.41. The molecule has 106 valence electrons. The smallest absolute Gasteiger partial charge is 0.245 e. The first kappa shape index (κ1) is 12.2. The Hall–Kier alpha value is -1.53. The van der Waals surface area contributed by atoms with E-state index < -0.39 is 10.0 Å². The van der Waals surface area contributed by atoms with Crippen molar-refractivity contribution in [1.82, 2.24) is 9.29 Å². The highest BCUT2D eigenvalue weighted by Gasteiger charge is 2.44. The van der Waals surface area contributed by atoms with Crippen molar-refractivity contribution in [2.45, 2.75) is 30.2 Å². The van der Waals surface area contributed by atoms with E-state index in [9.17, 15) is 8.42 Å². The molecule has 1 aromatic heterocycles. The standard InChI is InChI=1S/C14H17N3O2S/c15-10-2-4-13-12(6-10)14(7-16-13)20(18,19)17-8-9-1-3-11(17)5-9/h2,4,6-7,9,11,16H,1,3,5,8,15H2. The fraction of sp³-hybridized carbons (Fsp3) is 0.429. The molecule has 0 spiro atoms. The summed E-state index contributed by atoms with van der Waals surface area (Å²) in [4.78, 5) is 3.38. The zero-order valence-corrected chi connectivity index (χ0v) is 11.9. The summed E-state index contributed by atoms with van der Waals surface area (Å²) >= 11 is 0. The van der Waals surface area contributed by atoms with Crippen LogP contribution in [-0.4, -0.2) is 30.3 Å². The number of nitrogens with two attached hydrogens (primary N) is 1. The quantitative estimate of drug-likeness (QED) is 0.830. The van der Waals surface area contributed by atoms with Gasteiger partial charge in [-0.3, -0.25) is 0 Å². The molecule has 0 radical (unpaired) electrons. The Morgan fingerprint density at radius 2 is 2.15 bits per heavy atom. The average molecular weight is 291 g/mol. The van der Waals surface area contributed by atoms with Crippen LogP contribution >= 0.6 is 0 Å². The second-order valence-corrected chi connectivity index (χ2v) is 7.72. The minimum atomic E-state index is -3.42. The van der Waals surface area contributed by atoms with Crippen LogP contribution in [0.25, 0.3) is 10.9 Å². The van der Waals surface area contributed by atoms with E-state index in [1.54, 1.807) is 22.6 Å². The molecule has 20 heavy (non-hydrogen) atoms. The molecule has 2 unspecified atom stereocenters. The topological polar surface area (TPSA) is 79.2 Å². The predicted octanol–water partition coefficient (Wildman–Crippen LogP) is 1.92. The fourth-order valence-electron chi connectivity index (χ4n) is 3.63. The third-order valence-electron chi connectivity index (χ3n) is 4.61. The summed E-state index contributed by atoms with van der Waals surface area (Å²) < 4.78 is 27.4. The van der Waals surface area contributed by atoms with Gasteiger partial charge >= 0.3 is 0 Å². The van der Waals surface area contributed by atoms with Crippen LogP contribution in [0.1, 0.15) is 19.3 Å². The maximum atomic E-state index is 12.9. The predicted molar refractivity (Wildman–Crippen MR) is 77.7 cm³/mol. The van der Waals surface area contributed by atoms with Crippen LogP contribution < -0.4 is 5.73 Å². The molecule has 1 saturated carbocycles. The molecule has 3 N–H and O–H groups in total. The van der Waals surface area contributed by atoms with Gasteiger partial charge in [0.05, 0.1) is 0 Å². The number of anilines is 1. The van der Waals surface area contributed by atoms with Crippen molar-refractivity contribution in [3.8, 4) is 0 Å². The Morgan fingerprint density at radius 1 is 1.30 bits per heavy atom. The lowest BCUT2D eigenvalue weighted by Gasteiger charge is -2.25. The summed E-state index contributed by atoms with van der Waals surface area (Å²) in [6, 6.07) is 5.51. The van der Waals surface area contributed by atoms with Crippen molar-refractivity contribution in [3.05, 3.63) is 24.4 Å². The number of hydrogen-bond donors (Lipinski definition) is 2. The van der Waals surface area contributed by atoms with Crippen molar-refractivity contribution < 1.29 is 8.42 Å². The van der Waals surface area contributed by atoms with Crippen LogP contribution in [-0.2, 0) is 10.0 Å². The van der Waals surface area contributed by atoms with Gasteiger partial charge in [0.2, 0.25) is 10.0 Å². The van der Waals surface area contributed by atoms with E-state index in [2.05, 4.69) is 4.98 Å². The largest absolute Gasteiger partial charge is 0.399 e. The normalized spacial score (nSPS) is 26.6. The molecule has 1 aliphatic carbocycles. The Kier molecular flexibility index (Phi) is 2.44. The van der Waals surface area contributed by atoms with Crippen molar-refractivity contribution >= 4 is 26.6 Å². The van der Waals surface area contributed by atoms with Gasteiger partial charge in [-0.25, -0.2) is 8.42 Å². The van der Waals surface area contributed by atoms with Gasteiger partial charge < -0.3 is 10.7 Å². The lowest BCUT2D eigenvalue weighted by atomic mass is 10.1. The number of fused-ring (bicyclic) bond motifs is 3. The second kappa shape index (κ2) is 3.99. The van der Waals surface area contributed by atoms with Gasteiger partial charge in [0.25, 0.3) is 0 Å². The Morgan fingerprint density at radius 3 is 2.85 bits per heavy atom. The van der Waals surface area contributed by atoms with E-state index in [1.165, 1.54) is 0 Å². The zero-order valence-electron chi connectivity index (χ0n) is 11.0. The third-order valence-corrected chi connectivity index (χ3v) is 6.57. The van der Waals surface area contributed by atoms with Crippen LogP contribution in [0, 0.1) is 5.92 Å². The van der Waals surface area contributed by atoms with Crippen LogP contribution in [0.3, 0.4) is 0 Å². The van der Waals surface area contributed by atoms with Crippen molar-refractivity contribution in [2.24, 2.45) is 5.92 Å². The van der Waals surface area contributed by atoms with Gasteiger partial charge in [-0.15, -0.1) is 0 Å². The van der Waals surface area contributed by atoms with Crippen LogP contribution in [0.2, 0.25) is 0 Å². The molecule has 6 heteroatoms. The summed E-state index contributed by atoms with van der Waals surface area (Å²) in [7, 11) is -3.42. The number of sulfonamides is 1. The highest BCUT2D eigenvalue weighted by molar-refractivity contribution is 7.89. The van der Waals surface area contributed by atoms with Crippen LogP contribution in [0.4, 0.5) is 5.69 Å². The Bertz CT molecular complexity index is 781. The monoisotopic (exact) mass is 291 g/mol. The molecular formula is C14H17N3O2S. The van der Waals surface area contributed by atoms with Crippen LogP contribution in [0.5, 0.6) is 0 Å². The minimum absolute atomic E-state index is 0.191. The van der Waals surface area contributed by atoms with Gasteiger partial charge in [0.15, 0.2) is 0 Å². The molecule has 2 atom stereocenters. The summed E-state index contributed by atoms with van der Waals surface area (Å²) in [5.41, 5.74) is 7.17. The van der Waals surface area contributed by atoms with E-state index >= 15 is 0 Å². The number of benzene rings is 1. The second-order valence-electron chi connectivity index (χ2n) is 5.87. The van der Waals surface area contributed by atoms with E-state index in [1.807, 2.05) is 6.07 Å². The van der Waals surface area contributed by atoms with Crippen molar-refractivity contribution in [1.29, 1.82) is 0 Å². The first-order valence-corrected chi connectivity index (χ1v) is 8.38. The third kappa shape index (κ3) is 1.61. The van der Waals surface area contributed by atoms with Gasteiger partial charge in [-0.1, -0.05) is 0 Å².